The number of rotatable bonds is 4. The molecule has 0 bridgehead atoms. The van der Waals surface area contributed by atoms with Gasteiger partial charge in [-0.25, -0.2) is 4.68 Å². The number of carbonyl (C=O) groups excluding carboxylic acids is 1. The van der Waals surface area contributed by atoms with Crippen LogP contribution >= 0.6 is 0 Å². The summed E-state index contributed by atoms with van der Waals surface area (Å²) in [6, 6.07) is 5.35. The van der Waals surface area contributed by atoms with Gasteiger partial charge in [-0.05, 0) is 37.5 Å². The Balaban J connectivity index is 1.93. The topological polar surface area (TPSA) is 53.3 Å². The normalized spacial score (nSPS) is 18.4. The van der Waals surface area contributed by atoms with E-state index in [-0.39, 0.29) is 6.23 Å². The van der Waals surface area contributed by atoms with Crippen LogP contribution in [-0.2, 0) is 4.74 Å². The maximum absolute atomic E-state index is 11.0. The minimum Gasteiger partial charge on any atom is -0.496 e. The zero-order valence-electron chi connectivity index (χ0n) is 12.0. The van der Waals surface area contributed by atoms with Crippen molar-refractivity contribution in [2.45, 2.75) is 25.5 Å². The maximum Gasteiger partial charge on any atom is 0.150 e. The fourth-order valence-electron chi connectivity index (χ4n) is 2.59. The lowest BCUT2D eigenvalue weighted by Gasteiger charge is -2.22. The SMILES string of the molecule is COc1ccc(C=O)cc1-c1cnn(C2CCCCO2)c1. The predicted octanol–water partition coefficient (Wildman–Crippen LogP) is 3.07. The first-order valence-electron chi connectivity index (χ1n) is 7.11. The highest BCUT2D eigenvalue weighted by atomic mass is 16.5. The van der Waals surface area contributed by atoms with E-state index in [2.05, 4.69) is 5.10 Å². The van der Waals surface area contributed by atoms with Crippen LogP contribution in [0.5, 0.6) is 5.75 Å². The Morgan fingerprint density at radius 2 is 2.33 bits per heavy atom. The van der Waals surface area contributed by atoms with Gasteiger partial charge < -0.3 is 9.47 Å². The number of aldehydes is 1. The second-order valence-electron chi connectivity index (χ2n) is 5.11. The molecule has 1 aromatic carbocycles. The molecule has 1 aliphatic heterocycles. The summed E-state index contributed by atoms with van der Waals surface area (Å²) in [4.78, 5) is 11.0. The molecule has 0 aliphatic carbocycles. The van der Waals surface area contributed by atoms with Crippen LogP contribution in [0.4, 0.5) is 0 Å². The van der Waals surface area contributed by atoms with Gasteiger partial charge in [0.2, 0.25) is 0 Å². The van der Waals surface area contributed by atoms with E-state index in [0.29, 0.717) is 5.56 Å². The van der Waals surface area contributed by atoms with Crippen LogP contribution in [0.1, 0.15) is 35.8 Å². The van der Waals surface area contributed by atoms with Crippen molar-refractivity contribution in [3.63, 3.8) is 0 Å². The van der Waals surface area contributed by atoms with Gasteiger partial charge in [0.1, 0.15) is 18.3 Å². The Morgan fingerprint density at radius 1 is 1.43 bits per heavy atom. The largest absolute Gasteiger partial charge is 0.496 e. The number of aromatic nitrogens is 2. The number of ether oxygens (including phenoxy) is 2. The fraction of sp³-hybridized carbons (Fsp3) is 0.375. The lowest BCUT2D eigenvalue weighted by atomic mass is 10.1. The van der Waals surface area contributed by atoms with Gasteiger partial charge in [-0.2, -0.15) is 5.10 Å². The van der Waals surface area contributed by atoms with E-state index in [9.17, 15) is 4.79 Å². The minimum absolute atomic E-state index is 0.00717. The van der Waals surface area contributed by atoms with Crippen LogP contribution < -0.4 is 4.74 Å². The number of benzene rings is 1. The lowest BCUT2D eigenvalue weighted by molar-refractivity contribution is -0.0394. The van der Waals surface area contributed by atoms with Crippen molar-refractivity contribution in [1.29, 1.82) is 0 Å². The third kappa shape index (κ3) is 2.83. The highest BCUT2D eigenvalue weighted by Crippen LogP contribution is 2.32. The quantitative estimate of drug-likeness (QED) is 0.811. The number of methoxy groups -OCH3 is 1. The van der Waals surface area contributed by atoms with Crippen molar-refractivity contribution in [2.24, 2.45) is 0 Å². The van der Waals surface area contributed by atoms with Crippen LogP contribution in [0, 0.1) is 0 Å². The van der Waals surface area contributed by atoms with Crippen molar-refractivity contribution >= 4 is 6.29 Å². The zero-order valence-corrected chi connectivity index (χ0v) is 12.0. The molecule has 0 amide bonds. The number of nitrogens with zero attached hydrogens (tertiary/aromatic N) is 2. The van der Waals surface area contributed by atoms with Crippen molar-refractivity contribution < 1.29 is 14.3 Å². The average molecular weight is 286 g/mol. The number of hydrogen-bond acceptors (Lipinski definition) is 4. The first kappa shape index (κ1) is 13.8. The molecule has 21 heavy (non-hydrogen) atoms. The van der Waals surface area contributed by atoms with Crippen LogP contribution in [0.25, 0.3) is 11.1 Å². The van der Waals surface area contributed by atoms with Gasteiger partial charge in [0.25, 0.3) is 0 Å². The molecular formula is C16H18N2O3. The summed E-state index contributed by atoms with van der Waals surface area (Å²) in [5.74, 6) is 0.727. The van der Waals surface area contributed by atoms with E-state index in [1.807, 2.05) is 16.9 Å². The molecule has 1 unspecified atom stereocenters. The summed E-state index contributed by atoms with van der Waals surface area (Å²) < 4.78 is 12.9. The third-order valence-corrected chi connectivity index (χ3v) is 3.72. The summed E-state index contributed by atoms with van der Waals surface area (Å²) in [6.45, 7) is 0.782. The van der Waals surface area contributed by atoms with Crippen molar-refractivity contribution in [3.05, 3.63) is 36.2 Å². The highest BCUT2D eigenvalue weighted by Gasteiger charge is 2.17. The summed E-state index contributed by atoms with van der Waals surface area (Å²) in [5.41, 5.74) is 2.40. The summed E-state index contributed by atoms with van der Waals surface area (Å²) in [7, 11) is 1.62. The minimum atomic E-state index is 0.00717. The van der Waals surface area contributed by atoms with E-state index in [0.717, 1.165) is 49.0 Å². The van der Waals surface area contributed by atoms with Crippen molar-refractivity contribution in [1.82, 2.24) is 9.78 Å². The molecule has 5 nitrogen and oxygen atoms in total. The average Bonchev–Trinajstić information content (AvgIpc) is 3.05. The molecule has 110 valence electrons. The van der Waals surface area contributed by atoms with E-state index >= 15 is 0 Å². The smallest absolute Gasteiger partial charge is 0.150 e. The molecule has 0 N–H and O–H groups in total. The van der Waals surface area contributed by atoms with Crippen LogP contribution in [0.15, 0.2) is 30.6 Å². The second-order valence-corrected chi connectivity index (χ2v) is 5.11. The van der Waals surface area contributed by atoms with Gasteiger partial charge in [-0.1, -0.05) is 0 Å². The number of hydrogen-bond donors (Lipinski definition) is 0. The Labute approximate surface area is 123 Å². The summed E-state index contributed by atoms with van der Waals surface area (Å²) in [5, 5.41) is 4.39. The Bertz CT molecular complexity index is 630. The maximum atomic E-state index is 11.0. The molecule has 1 aliphatic rings. The van der Waals surface area contributed by atoms with Crippen LogP contribution in [-0.4, -0.2) is 29.8 Å². The molecular weight excluding hydrogens is 268 g/mol. The van der Waals surface area contributed by atoms with Gasteiger partial charge in [0, 0.05) is 29.5 Å². The Hall–Kier alpha value is -2.14. The van der Waals surface area contributed by atoms with Crippen LogP contribution in [0.3, 0.4) is 0 Å². The van der Waals surface area contributed by atoms with Gasteiger partial charge in [0.15, 0.2) is 0 Å². The standard InChI is InChI=1S/C16H18N2O3/c1-20-15-6-5-12(11-19)8-14(15)13-9-17-18(10-13)16-4-2-3-7-21-16/h5-6,8-11,16H,2-4,7H2,1H3. The summed E-state index contributed by atoms with van der Waals surface area (Å²) in [6.07, 6.45) is 7.81. The van der Waals surface area contributed by atoms with E-state index in [1.54, 1.807) is 25.4 Å². The molecule has 1 fully saturated rings. The van der Waals surface area contributed by atoms with Gasteiger partial charge in [-0.3, -0.25) is 4.79 Å². The predicted molar refractivity (Wildman–Crippen MR) is 78.4 cm³/mol. The van der Waals surface area contributed by atoms with Crippen molar-refractivity contribution in [2.75, 3.05) is 13.7 Å². The molecule has 5 heteroatoms. The fourth-order valence-corrected chi connectivity index (χ4v) is 2.59. The monoisotopic (exact) mass is 286 g/mol. The van der Waals surface area contributed by atoms with E-state index in [4.69, 9.17) is 9.47 Å². The molecule has 2 heterocycles. The highest BCUT2D eigenvalue weighted by molar-refractivity contribution is 5.81. The molecule has 0 saturated carbocycles. The van der Waals surface area contributed by atoms with E-state index in [1.165, 1.54) is 0 Å². The molecule has 0 spiro atoms. The van der Waals surface area contributed by atoms with E-state index < -0.39 is 0 Å². The first-order chi connectivity index (χ1) is 10.3. The van der Waals surface area contributed by atoms with Gasteiger partial charge in [-0.15, -0.1) is 0 Å². The van der Waals surface area contributed by atoms with Crippen molar-refractivity contribution in [3.8, 4) is 16.9 Å². The lowest BCUT2D eigenvalue weighted by Crippen LogP contribution is -2.18. The van der Waals surface area contributed by atoms with Crippen LogP contribution in [0.2, 0.25) is 0 Å². The molecule has 3 rings (SSSR count). The van der Waals surface area contributed by atoms with Gasteiger partial charge in [0.05, 0.1) is 13.3 Å². The molecule has 2 aromatic rings. The Morgan fingerprint density at radius 3 is 3.05 bits per heavy atom. The zero-order chi connectivity index (χ0) is 14.7. The molecule has 1 saturated heterocycles. The first-order valence-corrected chi connectivity index (χ1v) is 7.11. The molecule has 1 aromatic heterocycles. The van der Waals surface area contributed by atoms with Gasteiger partial charge >= 0.3 is 0 Å². The molecule has 1 atom stereocenters. The Kier molecular flexibility index (Phi) is 4.01. The second kappa shape index (κ2) is 6.10. The summed E-state index contributed by atoms with van der Waals surface area (Å²) >= 11 is 0. The third-order valence-electron chi connectivity index (χ3n) is 3.72. The molecule has 0 radical (unpaired) electrons. The number of carbonyl (C=O) groups is 1.